The zero-order valence-electron chi connectivity index (χ0n) is 8.25. The molecule has 0 spiro atoms. The number of ketones is 1. The number of Topliss-reactive ketones (excluding diaryl/α,β-unsaturated/α-hetero) is 1. The van der Waals surface area contributed by atoms with Gasteiger partial charge in [0.25, 0.3) is 0 Å². The minimum Gasteiger partial charge on any atom is -0.300 e. The van der Waals surface area contributed by atoms with Crippen LogP contribution in [0.25, 0.3) is 0 Å². The molecule has 0 aliphatic carbocycles. The second kappa shape index (κ2) is 5.18. The summed E-state index contributed by atoms with van der Waals surface area (Å²) in [6.07, 6.45) is 3.03. The molecular formula is C11H16OS. The van der Waals surface area contributed by atoms with Crippen LogP contribution in [0.3, 0.4) is 0 Å². The van der Waals surface area contributed by atoms with Crippen molar-refractivity contribution in [3.63, 3.8) is 0 Å². The van der Waals surface area contributed by atoms with Gasteiger partial charge in [-0.2, -0.15) is 0 Å². The molecule has 0 amide bonds. The Hall–Kier alpha value is -0.630. The zero-order valence-corrected chi connectivity index (χ0v) is 9.06. The Balaban J connectivity index is 2.36. The van der Waals surface area contributed by atoms with Gasteiger partial charge in [-0.15, -0.1) is 11.3 Å². The first-order chi connectivity index (χ1) is 6.24. The summed E-state index contributed by atoms with van der Waals surface area (Å²) < 4.78 is 0. The minimum atomic E-state index is 0.266. The summed E-state index contributed by atoms with van der Waals surface area (Å²) >= 11 is 1.78. The molecule has 2 heteroatoms. The summed E-state index contributed by atoms with van der Waals surface area (Å²) in [4.78, 5) is 12.5. The highest BCUT2D eigenvalue weighted by atomic mass is 32.1. The summed E-state index contributed by atoms with van der Waals surface area (Å²) in [5.41, 5.74) is 0. The molecule has 1 unspecified atom stereocenters. The molecule has 0 radical (unpaired) electrons. The van der Waals surface area contributed by atoms with Gasteiger partial charge in [-0.05, 0) is 37.6 Å². The van der Waals surface area contributed by atoms with E-state index < -0.39 is 0 Å². The van der Waals surface area contributed by atoms with Crippen LogP contribution >= 0.6 is 11.3 Å². The third-order valence-corrected chi connectivity index (χ3v) is 3.32. The lowest BCUT2D eigenvalue weighted by atomic mass is 9.96. The maximum atomic E-state index is 11.1. The first-order valence-corrected chi connectivity index (χ1v) is 5.64. The lowest BCUT2D eigenvalue weighted by Gasteiger charge is -2.09. The van der Waals surface area contributed by atoms with E-state index in [4.69, 9.17) is 0 Å². The monoisotopic (exact) mass is 196 g/mol. The quantitative estimate of drug-likeness (QED) is 0.706. The largest absolute Gasteiger partial charge is 0.300 e. The molecule has 0 saturated heterocycles. The second-order valence-corrected chi connectivity index (χ2v) is 4.37. The molecule has 1 rings (SSSR count). The van der Waals surface area contributed by atoms with Crippen LogP contribution in [0.4, 0.5) is 0 Å². The molecule has 13 heavy (non-hydrogen) atoms. The zero-order chi connectivity index (χ0) is 9.68. The molecule has 72 valence electrons. The summed E-state index contributed by atoms with van der Waals surface area (Å²) in [5.74, 6) is 0.598. The third kappa shape index (κ3) is 3.31. The van der Waals surface area contributed by atoms with E-state index in [0.29, 0.717) is 5.78 Å². The van der Waals surface area contributed by atoms with Crippen LogP contribution in [-0.2, 0) is 11.2 Å². The maximum absolute atomic E-state index is 11.1. The Labute approximate surface area is 83.8 Å². The van der Waals surface area contributed by atoms with Gasteiger partial charge >= 0.3 is 0 Å². The fourth-order valence-electron chi connectivity index (χ4n) is 1.47. The lowest BCUT2D eigenvalue weighted by Crippen LogP contribution is -2.10. The van der Waals surface area contributed by atoms with Crippen LogP contribution in [-0.4, -0.2) is 5.78 Å². The van der Waals surface area contributed by atoms with Gasteiger partial charge in [0.15, 0.2) is 0 Å². The number of aryl methyl sites for hydroxylation is 1. The van der Waals surface area contributed by atoms with Crippen molar-refractivity contribution < 1.29 is 4.79 Å². The number of rotatable bonds is 5. The van der Waals surface area contributed by atoms with Gasteiger partial charge in [0, 0.05) is 10.8 Å². The van der Waals surface area contributed by atoms with Crippen LogP contribution in [0.2, 0.25) is 0 Å². The second-order valence-electron chi connectivity index (χ2n) is 3.33. The van der Waals surface area contributed by atoms with Crippen LogP contribution < -0.4 is 0 Å². The molecule has 1 aromatic heterocycles. The Morgan fingerprint density at radius 2 is 2.38 bits per heavy atom. The van der Waals surface area contributed by atoms with E-state index in [9.17, 15) is 4.79 Å². The topological polar surface area (TPSA) is 17.1 Å². The molecule has 1 nitrogen and oxygen atoms in total. The van der Waals surface area contributed by atoms with Crippen LogP contribution in [0.15, 0.2) is 17.5 Å². The first kappa shape index (κ1) is 10.5. The number of thiophene rings is 1. The van der Waals surface area contributed by atoms with Crippen LogP contribution in [0.1, 0.15) is 31.6 Å². The number of hydrogen-bond donors (Lipinski definition) is 0. The van der Waals surface area contributed by atoms with E-state index >= 15 is 0 Å². The van der Waals surface area contributed by atoms with Crippen molar-refractivity contribution in [2.75, 3.05) is 0 Å². The molecule has 0 bridgehead atoms. The lowest BCUT2D eigenvalue weighted by molar-refractivity contribution is -0.121. The highest BCUT2D eigenvalue weighted by molar-refractivity contribution is 7.09. The van der Waals surface area contributed by atoms with Gasteiger partial charge in [0.1, 0.15) is 5.78 Å². The van der Waals surface area contributed by atoms with Crippen molar-refractivity contribution in [2.24, 2.45) is 5.92 Å². The third-order valence-electron chi connectivity index (χ3n) is 2.39. The van der Waals surface area contributed by atoms with E-state index in [1.54, 1.807) is 18.3 Å². The molecule has 0 saturated carbocycles. The Bertz CT molecular complexity index is 251. The summed E-state index contributed by atoms with van der Waals surface area (Å²) in [6.45, 7) is 3.78. The molecule has 0 aliphatic heterocycles. The average Bonchev–Trinajstić information content (AvgIpc) is 2.57. The normalized spacial score (nSPS) is 12.8. The van der Waals surface area contributed by atoms with Crippen LogP contribution in [0, 0.1) is 5.92 Å². The number of carbonyl (C=O) groups is 1. The summed E-state index contributed by atoms with van der Waals surface area (Å²) in [5, 5.41) is 2.09. The highest BCUT2D eigenvalue weighted by Gasteiger charge is 2.11. The predicted octanol–water partition coefficient (Wildman–Crippen LogP) is 3.30. The van der Waals surface area contributed by atoms with Crippen molar-refractivity contribution in [1.82, 2.24) is 0 Å². The van der Waals surface area contributed by atoms with Crippen LogP contribution in [0.5, 0.6) is 0 Å². The minimum absolute atomic E-state index is 0.266. The Morgan fingerprint density at radius 3 is 2.85 bits per heavy atom. The SMILES string of the molecule is CCC(CCc1cccs1)C(C)=O. The highest BCUT2D eigenvalue weighted by Crippen LogP contribution is 2.17. The Kier molecular flexibility index (Phi) is 4.16. The predicted molar refractivity (Wildman–Crippen MR) is 57.1 cm³/mol. The van der Waals surface area contributed by atoms with Gasteiger partial charge in [0.2, 0.25) is 0 Å². The molecular weight excluding hydrogens is 180 g/mol. The standard InChI is InChI=1S/C11H16OS/c1-3-10(9(2)12)6-7-11-5-4-8-13-11/h4-5,8,10H,3,6-7H2,1-2H3. The first-order valence-electron chi connectivity index (χ1n) is 4.77. The summed E-state index contributed by atoms with van der Waals surface area (Å²) in [7, 11) is 0. The molecule has 1 atom stereocenters. The van der Waals surface area contributed by atoms with Crippen molar-refractivity contribution in [1.29, 1.82) is 0 Å². The van der Waals surface area contributed by atoms with Gasteiger partial charge < -0.3 is 0 Å². The van der Waals surface area contributed by atoms with Gasteiger partial charge in [0.05, 0.1) is 0 Å². The molecule has 0 aromatic carbocycles. The number of carbonyl (C=O) groups excluding carboxylic acids is 1. The van der Waals surface area contributed by atoms with E-state index in [1.807, 2.05) is 0 Å². The van der Waals surface area contributed by atoms with Crippen molar-refractivity contribution in [3.05, 3.63) is 22.4 Å². The van der Waals surface area contributed by atoms with Gasteiger partial charge in [-0.3, -0.25) is 4.79 Å². The summed E-state index contributed by atoms with van der Waals surface area (Å²) in [6, 6.07) is 4.20. The molecule has 0 N–H and O–H groups in total. The van der Waals surface area contributed by atoms with E-state index in [0.717, 1.165) is 19.3 Å². The smallest absolute Gasteiger partial charge is 0.132 e. The van der Waals surface area contributed by atoms with E-state index in [-0.39, 0.29) is 5.92 Å². The Morgan fingerprint density at radius 1 is 1.62 bits per heavy atom. The fraction of sp³-hybridized carbons (Fsp3) is 0.545. The van der Waals surface area contributed by atoms with Gasteiger partial charge in [-0.25, -0.2) is 0 Å². The van der Waals surface area contributed by atoms with Crippen molar-refractivity contribution >= 4 is 17.1 Å². The van der Waals surface area contributed by atoms with Gasteiger partial charge in [-0.1, -0.05) is 13.0 Å². The molecule has 0 fully saturated rings. The fourth-order valence-corrected chi connectivity index (χ4v) is 2.19. The average molecular weight is 196 g/mol. The molecule has 0 aliphatic rings. The maximum Gasteiger partial charge on any atom is 0.132 e. The van der Waals surface area contributed by atoms with E-state index in [2.05, 4.69) is 24.4 Å². The number of hydrogen-bond acceptors (Lipinski definition) is 2. The molecule has 1 aromatic rings. The molecule has 1 heterocycles. The van der Waals surface area contributed by atoms with E-state index in [1.165, 1.54) is 4.88 Å². The van der Waals surface area contributed by atoms with Crippen molar-refractivity contribution in [2.45, 2.75) is 33.1 Å². The van der Waals surface area contributed by atoms with Crippen molar-refractivity contribution in [3.8, 4) is 0 Å².